The molecule has 0 saturated carbocycles. The normalized spacial score (nSPS) is 12.4. The Morgan fingerprint density at radius 1 is 1.20 bits per heavy atom. The van der Waals surface area contributed by atoms with E-state index in [4.69, 9.17) is 4.74 Å². The van der Waals surface area contributed by atoms with Crippen LogP contribution in [0.1, 0.15) is 0 Å². The lowest BCUT2D eigenvalue weighted by molar-refractivity contribution is -0.142. The second kappa shape index (κ2) is 10.0. The number of benzene rings is 1. The summed E-state index contributed by atoms with van der Waals surface area (Å²) >= 11 is 0. The Labute approximate surface area is 142 Å². The van der Waals surface area contributed by atoms with Crippen molar-refractivity contribution in [3.8, 4) is 5.75 Å². The number of hydrogen-bond donors (Lipinski definition) is 2. The topological polar surface area (TPSA) is 48.9 Å². The molecule has 0 aliphatic heterocycles. The van der Waals surface area contributed by atoms with Gasteiger partial charge in [0.1, 0.15) is 12.4 Å². The predicted molar refractivity (Wildman–Crippen MR) is 84.8 cm³/mol. The van der Waals surface area contributed by atoms with Crippen LogP contribution in [0.25, 0.3) is 0 Å². The van der Waals surface area contributed by atoms with Crippen LogP contribution in [0.15, 0.2) is 23.2 Å². The highest BCUT2D eigenvalue weighted by Gasteiger charge is 2.28. The number of guanidine groups is 1. The molecular weight excluding hydrogens is 347 g/mol. The molecule has 0 amide bonds. The molecule has 5 nitrogen and oxygen atoms in total. The van der Waals surface area contributed by atoms with E-state index in [0.29, 0.717) is 5.96 Å². The number of aliphatic imine (C=N–C) groups is 1. The molecule has 0 heterocycles. The molecule has 25 heavy (non-hydrogen) atoms. The molecule has 142 valence electrons. The monoisotopic (exact) mass is 368 g/mol. The number of likely N-dealkylation sites (N-methyl/N-ethyl adjacent to an activating group) is 1. The molecule has 0 aliphatic carbocycles. The van der Waals surface area contributed by atoms with Crippen LogP contribution >= 0.6 is 0 Å². The van der Waals surface area contributed by atoms with Crippen molar-refractivity contribution in [2.24, 2.45) is 4.99 Å². The van der Waals surface area contributed by atoms with E-state index in [1.807, 2.05) is 0 Å². The molecule has 0 bridgehead atoms. The average molecular weight is 368 g/mol. The van der Waals surface area contributed by atoms with Gasteiger partial charge >= 0.3 is 6.18 Å². The summed E-state index contributed by atoms with van der Waals surface area (Å²) in [4.78, 5) is 5.05. The second-order valence-electron chi connectivity index (χ2n) is 5.20. The number of hydrogen-bond acceptors (Lipinski definition) is 3. The standard InChI is InChI=1S/C15H21F5N4O/c1-21-14(22-5-7-24(2)10-15(18,19)20)23-6-8-25-13-4-3-11(16)9-12(13)17/h3-4,9H,5-8,10H2,1-2H3,(H2,21,22,23). The number of rotatable bonds is 8. The summed E-state index contributed by atoms with van der Waals surface area (Å²) in [6.45, 7) is -0.179. The maximum atomic E-state index is 13.4. The first-order valence-electron chi connectivity index (χ1n) is 7.49. The summed E-state index contributed by atoms with van der Waals surface area (Å²) in [5.41, 5.74) is 0. The molecule has 2 N–H and O–H groups in total. The van der Waals surface area contributed by atoms with E-state index in [-0.39, 0.29) is 32.0 Å². The lowest BCUT2D eigenvalue weighted by Gasteiger charge is -2.19. The van der Waals surface area contributed by atoms with E-state index in [0.717, 1.165) is 17.0 Å². The lowest BCUT2D eigenvalue weighted by Crippen LogP contribution is -2.43. The van der Waals surface area contributed by atoms with Crippen molar-refractivity contribution in [1.29, 1.82) is 0 Å². The SMILES string of the molecule is CN=C(NCCOc1ccc(F)cc1F)NCCN(C)CC(F)(F)F. The minimum atomic E-state index is -4.23. The molecule has 1 rings (SSSR count). The molecule has 0 unspecified atom stereocenters. The van der Waals surface area contributed by atoms with Gasteiger partial charge in [-0.25, -0.2) is 8.78 Å². The number of nitrogens with one attached hydrogen (secondary N) is 2. The van der Waals surface area contributed by atoms with Crippen LogP contribution in [-0.2, 0) is 0 Å². The third kappa shape index (κ3) is 9.08. The fourth-order valence-corrected chi connectivity index (χ4v) is 1.89. The van der Waals surface area contributed by atoms with Crippen LogP contribution in [0.4, 0.5) is 22.0 Å². The fourth-order valence-electron chi connectivity index (χ4n) is 1.89. The minimum Gasteiger partial charge on any atom is -0.489 e. The van der Waals surface area contributed by atoms with Crippen molar-refractivity contribution >= 4 is 5.96 Å². The van der Waals surface area contributed by atoms with Gasteiger partial charge in [-0.05, 0) is 19.2 Å². The van der Waals surface area contributed by atoms with Gasteiger partial charge in [0.15, 0.2) is 17.5 Å². The van der Waals surface area contributed by atoms with Crippen molar-refractivity contribution in [3.63, 3.8) is 0 Å². The number of nitrogens with zero attached hydrogens (tertiary/aromatic N) is 2. The summed E-state index contributed by atoms with van der Waals surface area (Å²) in [6, 6.07) is 3.00. The Bertz CT molecular complexity index is 565. The summed E-state index contributed by atoms with van der Waals surface area (Å²) in [5, 5.41) is 5.72. The van der Waals surface area contributed by atoms with Gasteiger partial charge in [0.2, 0.25) is 0 Å². The van der Waals surface area contributed by atoms with Crippen molar-refractivity contribution in [2.75, 3.05) is 46.9 Å². The minimum absolute atomic E-state index is 0.0695. The van der Waals surface area contributed by atoms with Crippen LogP contribution in [0.5, 0.6) is 5.75 Å². The van der Waals surface area contributed by atoms with Gasteiger partial charge in [0.05, 0.1) is 13.1 Å². The van der Waals surface area contributed by atoms with Gasteiger partial charge in [-0.15, -0.1) is 0 Å². The number of ether oxygens (including phenoxy) is 1. The van der Waals surface area contributed by atoms with Gasteiger partial charge in [-0.2, -0.15) is 13.2 Å². The Kier molecular flexibility index (Phi) is 8.39. The zero-order chi connectivity index (χ0) is 18.9. The zero-order valence-electron chi connectivity index (χ0n) is 14.0. The molecule has 10 heteroatoms. The predicted octanol–water partition coefficient (Wildman–Crippen LogP) is 2.00. The van der Waals surface area contributed by atoms with Crippen molar-refractivity contribution in [2.45, 2.75) is 6.18 Å². The Morgan fingerprint density at radius 2 is 1.88 bits per heavy atom. The number of halogens is 5. The maximum Gasteiger partial charge on any atom is 0.401 e. The van der Waals surface area contributed by atoms with Gasteiger partial charge in [0.25, 0.3) is 0 Å². The first-order chi connectivity index (χ1) is 11.7. The molecule has 1 aromatic rings. The van der Waals surface area contributed by atoms with Crippen LogP contribution in [0, 0.1) is 11.6 Å². The molecule has 0 aromatic heterocycles. The smallest absolute Gasteiger partial charge is 0.401 e. The first kappa shape index (κ1) is 20.9. The van der Waals surface area contributed by atoms with Gasteiger partial charge in [-0.1, -0.05) is 0 Å². The van der Waals surface area contributed by atoms with E-state index >= 15 is 0 Å². The molecule has 0 saturated heterocycles. The van der Waals surface area contributed by atoms with E-state index in [2.05, 4.69) is 15.6 Å². The summed E-state index contributed by atoms with van der Waals surface area (Å²) < 4.78 is 67.9. The maximum absolute atomic E-state index is 13.4. The quantitative estimate of drug-likeness (QED) is 0.319. The molecule has 0 atom stereocenters. The van der Waals surface area contributed by atoms with Crippen molar-refractivity contribution in [1.82, 2.24) is 15.5 Å². The highest BCUT2D eigenvalue weighted by molar-refractivity contribution is 5.79. The van der Waals surface area contributed by atoms with Gasteiger partial charge in [0, 0.05) is 26.2 Å². The average Bonchev–Trinajstić information content (AvgIpc) is 2.49. The van der Waals surface area contributed by atoms with Crippen LogP contribution < -0.4 is 15.4 Å². The highest BCUT2D eigenvalue weighted by Crippen LogP contribution is 2.17. The van der Waals surface area contributed by atoms with E-state index < -0.39 is 24.4 Å². The van der Waals surface area contributed by atoms with Crippen molar-refractivity contribution in [3.05, 3.63) is 29.8 Å². The van der Waals surface area contributed by atoms with Gasteiger partial charge < -0.3 is 15.4 Å². The van der Waals surface area contributed by atoms with Gasteiger partial charge in [-0.3, -0.25) is 9.89 Å². The summed E-state index contributed by atoms with van der Waals surface area (Å²) in [5.74, 6) is -1.18. The molecule has 0 spiro atoms. The first-order valence-corrected chi connectivity index (χ1v) is 7.49. The Balaban J connectivity index is 2.24. The second-order valence-corrected chi connectivity index (χ2v) is 5.20. The van der Waals surface area contributed by atoms with E-state index in [1.165, 1.54) is 20.2 Å². The Hall–Kier alpha value is -2.10. The number of alkyl halides is 3. The molecular formula is C15H21F5N4O. The third-order valence-corrected chi connectivity index (χ3v) is 3.00. The van der Waals surface area contributed by atoms with Crippen LogP contribution in [0.3, 0.4) is 0 Å². The molecule has 0 radical (unpaired) electrons. The molecule has 0 aliphatic rings. The Morgan fingerprint density at radius 3 is 2.48 bits per heavy atom. The van der Waals surface area contributed by atoms with Crippen LogP contribution in [-0.4, -0.2) is 63.9 Å². The largest absolute Gasteiger partial charge is 0.489 e. The zero-order valence-corrected chi connectivity index (χ0v) is 14.0. The summed E-state index contributed by atoms with van der Waals surface area (Å²) in [6.07, 6.45) is -4.23. The van der Waals surface area contributed by atoms with E-state index in [9.17, 15) is 22.0 Å². The fraction of sp³-hybridized carbons (Fsp3) is 0.533. The lowest BCUT2D eigenvalue weighted by atomic mass is 10.3. The molecule has 0 fully saturated rings. The van der Waals surface area contributed by atoms with Crippen molar-refractivity contribution < 1.29 is 26.7 Å². The molecule has 1 aromatic carbocycles. The summed E-state index contributed by atoms with van der Waals surface area (Å²) in [7, 11) is 2.88. The highest BCUT2D eigenvalue weighted by atomic mass is 19.4. The third-order valence-electron chi connectivity index (χ3n) is 3.00. The van der Waals surface area contributed by atoms with E-state index in [1.54, 1.807) is 0 Å². The van der Waals surface area contributed by atoms with Crippen LogP contribution in [0.2, 0.25) is 0 Å².